The first-order chi connectivity index (χ1) is 20.1. The Bertz CT molecular complexity index is 1300. The molecule has 12 heteroatoms. The number of carbonyl (C=O) groups excluding carboxylic acids is 2. The summed E-state index contributed by atoms with van der Waals surface area (Å²) in [6.45, 7) is 4.00. The highest BCUT2D eigenvalue weighted by atomic mass is 16.7. The molecule has 5 N–H and O–H groups in total. The number of ether oxygens (including phenoxy) is 5. The van der Waals surface area contributed by atoms with Crippen LogP contribution in [0.1, 0.15) is 25.0 Å². The monoisotopic (exact) mass is 588 g/mol. The smallest absolute Gasteiger partial charge is 0.337 e. The van der Waals surface area contributed by atoms with Gasteiger partial charge in [0.2, 0.25) is 6.29 Å². The number of carbonyl (C=O) groups is 2. The number of allylic oxidation sites excluding steroid dienone is 3. The van der Waals surface area contributed by atoms with Crippen molar-refractivity contribution in [2.24, 2.45) is 0 Å². The van der Waals surface area contributed by atoms with Crippen LogP contribution in [0.25, 0.3) is 12.2 Å². The Balaban J connectivity index is 0.00000301. The van der Waals surface area contributed by atoms with Crippen molar-refractivity contribution in [3.8, 4) is 23.0 Å². The number of hydrogen-bond acceptors (Lipinski definition) is 12. The number of phenolic OH excluding ortho intramolecular Hbond substituents is 1. The van der Waals surface area contributed by atoms with Crippen molar-refractivity contribution in [1.29, 1.82) is 0 Å². The minimum Gasteiger partial charge on any atom is -0.508 e. The van der Waals surface area contributed by atoms with Gasteiger partial charge in [0.25, 0.3) is 0 Å². The fourth-order valence-corrected chi connectivity index (χ4v) is 3.67. The van der Waals surface area contributed by atoms with E-state index in [9.17, 15) is 35.1 Å². The maximum atomic E-state index is 12.2. The lowest BCUT2D eigenvalue weighted by Gasteiger charge is -2.38. The molecule has 2 aromatic carbocycles. The van der Waals surface area contributed by atoms with E-state index in [1.165, 1.54) is 56.7 Å². The lowest BCUT2D eigenvalue weighted by molar-refractivity contribution is -0.272. The number of methoxy groups -OCH3 is 3. The number of esters is 1. The molecule has 1 heterocycles. The molecule has 1 aliphatic heterocycles. The second-order valence-corrected chi connectivity index (χ2v) is 8.52. The molecule has 5 atom stereocenters. The van der Waals surface area contributed by atoms with Crippen LogP contribution in [0.2, 0.25) is 0 Å². The van der Waals surface area contributed by atoms with E-state index in [-0.39, 0.29) is 28.8 Å². The number of phenols is 1. The maximum absolute atomic E-state index is 12.2. The summed E-state index contributed by atoms with van der Waals surface area (Å²) in [6.07, 6.45) is -1.73. The molecule has 0 aromatic heterocycles. The number of rotatable bonds is 10. The first-order valence-corrected chi connectivity index (χ1v) is 12.9. The van der Waals surface area contributed by atoms with Gasteiger partial charge in [-0.1, -0.05) is 38.1 Å². The third-order valence-corrected chi connectivity index (χ3v) is 5.81. The highest BCUT2D eigenvalue weighted by Gasteiger charge is 2.48. The minimum absolute atomic E-state index is 0.0318. The molecule has 0 radical (unpaired) electrons. The van der Waals surface area contributed by atoms with Gasteiger partial charge < -0.3 is 49.2 Å². The topological polar surface area (TPSA) is 181 Å². The van der Waals surface area contributed by atoms with Crippen LogP contribution in [0.15, 0.2) is 60.4 Å². The lowest BCUT2D eigenvalue weighted by atomic mass is 9.99. The van der Waals surface area contributed by atoms with E-state index in [0.29, 0.717) is 11.1 Å². The van der Waals surface area contributed by atoms with Gasteiger partial charge in [0.05, 0.1) is 21.3 Å². The van der Waals surface area contributed by atoms with Crippen molar-refractivity contribution in [3.05, 3.63) is 71.5 Å². The fourth-order valence-electron chi connectivity index (χ4n) is 3.67. The Labute approximate surface area is 243 Å². The predicted molar refractivity (Wildman–Crippen MR) is 152 cm³/mol. The largest absolute Gasteiger partial charge is 0.508 e. The van der Waals surface area contributed by atoms with Crippen LogP contribution in [-0.2, 0) is 19.1 Å². The normalized spacial score (nSPS) is 22.3. The van der Waals surface area contributed by atoms with Crippen molar-refractivity contribution in [2.45, 2.75) is 44.6 Å². The van der Waals surface area contributed by atoms with Crippen LogP contribution in [0.3, 0.4) is 0 Å². The summed E-state index contributed by atoms with van der Waals surface area (Å²) in [7, 11) is 3.84. The molecule has 12 nitrogen and oxygen atoms in total. The summed E-state index contributed by atoms with van der Waals surface area (Å²) in [6, 6.07) is 9.13. The highest BCUT2D eigenvalue weighted by Crippen LogP contribution is 2.33. The summed E-state index contributed by atoms with van der Waals surface area (Å²) < 4.78 is 25.8. The molecule has 0 saturated carbocycles. The van der Waals surface area contributed by atoms with Gasteiger partial charge in [0.1, 0.15) is 24.1 Å². The third kappa shape index (κ3) is 8.82. The Morgan fingerprint density at radius 2 is 1.40 bits per heavy atom. The van der Waals surface area contributed by atoms with Crippen molar-refractivity contribution in [1.82, 2.24) is 0 Å². The molecule has 0 bridgehead atoms. The number of aromatic hydroxyl groups is 1. The first kappa shape index (κ1) is 33.8. The third-order valence-electron chi connectivity index (χ3n) is 5.81. The number of ketones is 1. The van der Waals surface area contributed by atoms with E-state index in [1.807, 2.05) is 13.8 Å². The van der Waals surface area contributed by atoms with Gasteiger partial charge in [-0.15, -0.1) is 0 Å². The molecule has 1 saturated heterocycles. The predicted octanol–water partition coefficient (Wildman–Crippen LogP) is 2.53. The standard InChI is InChI=1S/C28H30O12.C2H6/c1-36-21-12-15(6-10-19(21)31)4-8-17(29)14-18(30)9-5-16-7-11-20(22(13-16)37-2)39-28-25(34)23(32)24(33)26(40-28)27(35)38-3;1-2/h4-14,23-26,28,30-34H,1-3H3;1-2H3/b8-4+,9-5+,18-14-;. The highest BCUT2D eigenvalue weighted by molar-refractivity contribution is 6.02. The molecular formula is C30H36O12. The van der Waals surface area contributed by atoms with Gasteiger partial charge >= 0.3 is 5.97 Å². The van der Waals surface area contributed by atoms with Crippen LogP contribution in [0.4, 0.5) is 0 Å². The Hall–Kier alpha value is -4.36. The molecule has 0 amide bonds. The molecule has 3 rings (SSSR count). The summed E-state index contributed by atoms with van der Waals surface area (Å²) >= 11 is 0. The van der Waals surface area contributed by atoms with Crippen LogP contribution in [0.5, 0.6) is 23.0 Å². The molecule has 228 valence electrons. The zero-order valence-electron chi connectivity index (χ0n) is 23.8. The summed E-state index contributed by atoms with van der Waals surface area (Å²) in [5.74, 6) is -1.28. The Morgan fingerprint density at radius 1 is 0.810 bits per heavy atom. The van der Waals surface area contributed by atoms with Gasteiger partial charge in [-0.25, -0.2) is 4.79 Å². The van der Waals surface area contributed by atoms with E-state index >= 15 is 0 Å². The average Bonchev–Trinajstić information content (AvgIpc) is 3.00. The molecule has 0 spiro atoms. The van der Waals surface area contributed by atoms with Crippen molar-refractivity contribution < 1.29 is 58.8 Å². The SMILES string of the molecule is CC.COC(=O)C1OC(Oc2ccc(/C=C/C(O)=C/C(=O)/C=C/c3ccc(O)c(OC)c3)cc2OC)C(O)C(O)C1O. The number of hydrogen-bond donors (Lipinski definition) is 5. The van der Waals surface area contributed by atoms with Crippen LogP contribution < -0.4 is 14.2 Å². The zero-order valence-corrected chi connectivity index (χ0v) is 23.8. The average molecular weight is 589 g/mol. The lowest BCUT2D eigenvalue weighted by Crippen LogP contribution is -2.61. The molecule has 2 aromatic rings. The van der Waals surface area contributed by atoms with Crippen molar-refractivity contribution in [2.75, 3.05) is 21.3 Å². The van der Waals surface area contributed by atoms with E-state index in [2.05, 4.69) is 4.74 Å². The summed E-state index contributed by atoms with van der Waals surface area (Å²) in [4.78, 5) is 24.1. The summed E-state index contributed by atoms with van der Waals surface area (Å²) in [5.41, 5.74) is 1.15. The van der Waals surface area contributed by atoms with E-state index < -0.39 is 42.5 Å². The van der Waals surface area contributed by atoms with E-state index in [0.717, 1.165) is 13.2 Å². The first-order valence-electron chi connectivity index (χ1n) is 12.9. The fraction of sp³-hybridized carbons (Fsp3) is 0.333. The molecule has 5 unspecified atom stereocenters. The van der Waals surface area contributed by atoms with E-state index in [4.69, 9.17) is 18.9 Å². The second-order valence-electron chi connectivity index (χ2n) is 8.52. The maximum Gasteiger partial charge on any atom is 0.337 e. The van der Waals surface area contributed by atoms with Crippen molar-refractivity contribution in [3.63, 3.8) is 0 Å². The van der Waals surface area contributed by atoms with Crippen molar-refractivity contribution >= 4 is 23.9 Å². The van der Waals surface area contributed by atoms with Gasteiger partial charge in [-0.2, -0.15) is 0 Å². The minimum atomic E-state index is -1.74. The van der Waals surface area contributed by atoms with Gasteiger partial charge in [-0.3, -0.25) is 4.79 Å². The van der Waals surface area contributed by atoms with Gasteiger partial charge in [-0.05, 0) is 47.5 Å². The molecular weight excluding hydrogens is 552 g/mol. The molecule has 1 fully saturated rings. The Kier molecular flexibility index (Phi) is 13.0. The summed E-state index contributed by atoms with van der Waals surface area (Å²) in [5, 5.41) is 50.2. The second kappa shape index (κ2) is 16.2. The van der Waals surface area contributed by atoms with Gasteiger partial charge in [0, 0.05) is 6.08 Å². The number of aliphatic hydroxyl groups excluding tert-OH is 4. The van der Waals surface area contributed by atoms with Crippen LogP contribution >= 0.6 is 0 Å². The quantitative estimate of drug-likeness (QED) is 0.119. The number of benzene rings is 2. The number of aliphatic hydroxyl groups is 4. The van der Waals surface area contributed by atoms with Crippen LogP contribution in [0, 0.1) is 0 Å². The van der Waals surface area contributed by atoms with Gasteiger partial charge in [0.15, 0.2) is 34.9 Å². The van der Waals surface area contributed by atoms with Crippen LogP contribution in [-0.4, -0.2) is 89.3 Å². The zero-order chi connectivity index (χ0) is 31.4. The van der Waals surface area contributed by atoms with E-state index in [1.54, 1.807) is 18.2 Å². The molecule has 42 heavy (non-hydrogen) atoms. The molecule has 1 aliphatic rings. The molecule has 0 aliphatic carbocycles. The Morgan fingerprint density at radius 3 is 2.02 bits per heavy atom.